The predicted octanol–water partition coefficient (Wildman–Crippen LogP) is 7.77. The van der Waals surface area contributed by atoms with E-state index in [-0.39, 0.29) is 69.0 Å². The molecule has 12 heteroatoms. The van der Waals surface area contributed by atoms with Gasteiger partial charge in [-0.3, -0.25) is 4.79 Å². The standard InChI is InChI=1S/C47H55N3O9/c1-5-22-57-47-42(50(45(54)32-15-12-30(27-48)13-16-32)28-31-14-18-40-41(23-31)56-29-55-40)26-38(49-59-46(2,3)4)36-24-33(10-6-8-20-51)35(11-7-9-21-52)43(44(36)47)37-25-34(53)17-19-39(37)58-47/h5,12-19,23-25,33,35,42-44,51-53H,1,6-11,20-22,26,28-29H2,2-4H3/t33-,35+,42-,43+,44+,47+/m0/s1. The van der Waals surface area contributed by atoms with Crippen molar-refractivity contribution < 1.29 is 43.9 Å². The Balaban J connectivity index is 1.48. The van der Waals surface area contributed by atoms with Crippen molar-refractivity contribution in [2.75, 3.05) is 26.6 Å². The van der Waals surface area contributed by atoms with Gasteiger partial charge in [0, 0.05) is 43.2 Å². The van der Waals surface area contributed by atoms with Gasteiger partial charge in [-0.15, -0.1) is 6.58 Å². The summed E-state index contributed by atoms with van der Waals surface area (Å²) < 4.78 is 25.7. The number of hydrogen-bond donors (Lipinski definition) is 3. The van der Waals surface area contributed by atoms with Gasteiger partial charge >= 0.3 is 0 Å². The molecule has 4 aliphatic rings. The third kappa shape index (κ3) is 8.69. The lowest BCUT2D eigenvalue weighted by molar-refractivity contribution is -0.255. The molecule has 6 atom stereocenters. The molecule has 0 spiro atoms. The summed E-state index contributed by atoms with van der Waals surface area (Å²) in [5.41, 5.74) is 3.34. The lowest BCUT2D eigenvalue weighted by Gasteiger charge is -2.60. The number of allylic oxidation sites excluding steroid dienone is 1. The number of phenolic OH excluding ortho intramolecular Hbond substituents is 1. The summed E-state index contributed by atoms with van der Waals surface area (Å²) in [7, 11) is 0. The zero-order chi connectivity index (χ0) is 41.7. The van der Waals surface area contributed by atoms with Crippen molar-refractivity contribution in [2.45, 2.75) is 95.6 Å². The highest BCUT2D eigenvalue weighted by Gasteiger charge is 2.65. The van der Waals surface area contributed by atoms with Crippen molar-refractivity contribution >= 4 is 11.6 Å². The molecule has 0 saturated heterocycles. The first-order chi connectivity index (χ1) is 28.5. The van der Waals surface area contributed by atoms with E-state index in [0.717, 1.165) is 42.4 Å². The molecule has 0 aromatic heterocycles. The molecule has 3 aromatic carbocycles. The van der Waals surface area contributed by atoms with E-state index in [9.17, 15) is 20.6 Å². The molecule has 2 aliphatic carbocycles. The number of aromatic hydroxyl groups is 1. The molecule has 0 bridgehead atoms. The first kappa shape index (κ1) is 41.8. The number of ether oxygens (including phenoxy) is 4. The van der Waals surface area contributed by atoms with Crippen LogP contribution in [-0.2, 0) is 16.1 Å². The first-order valence-corrected chi connectivity index (χ1v) is 20.7. The number of rotatable bonds is 16. The van der Waals surface area contributed by atoms with Gasteiger partial charge in [0.1, 0.15) is 23.1 Å². The van der Waals surface area contributed by atoms with Gasteiger partial charge in [-0.05, 0) is 124 Å². The van der Waals surface area contributed by atoms with Gasteiger partial charge in [-0.2, -0.15) is 5.26 Å². The maximum absolute atomic E-state index is 15.3. The summed E-state index contributed by atoms with van der Waals surface area (Å²) in [5.74, 6) is -0.746. The van der Waals surface area contributed by atoms with E-state index in [2.05, 4.69) is 18.7 Å². The van der Waals surface area contributed by atoms with Crippen LogP contribution in [0.2, 0.25) is 0 Å². The molecule has 312 valence electrons. The second-order valence-electron chi connectivity index (χ2n) is 16.8. The number of carbonyl (C=O) groups is 1. The molecular formula is C47H55N3O9. The van der Waals surface area contributed by atoms with Crippen LogP contribution in [-0.4, -0.2) is 75.9 Å². The predicted molar refractivity (Wildman–Crippen MR) is 221 cm³/mol. The lowest BCUT2D eigenvalue weighted by Crippen LogP contribution is -2.70. The normalized spacial score (nSPS) is 24.6. The Hall–Kier alpha value is -5.35. The van der Waals surface area contributed by atoms with Crippen molar-refractivity contribution in [2.24, 2.45) is 22.9 Å². The molecule has 1 saturated carbocycles. The highest BCUT2D eigenvalue weighted by molar-refractivity contribution is 6.03. The van der Waals surface area contributed by atoms with Gasteiger partial charge in [-0.1, -0.05) is 36.2 Å². The largest absolute Gasteiger partial charge is 0.508 e. The van der Waals surface area contributed by atoms with Crippen LogP contribution in [0.25, 0.3) is 0 Å². The maximum atomic E-state index is 15.3. The fourth-order valence-corrected chi connectivity index (χ4v) is 9.26. The third-order valence-electron chi connectivity index (χ3n) is 11.8. The molecule has 1 fully saturated rings. The Morgan fingerprint density at radius 1 is 1.00 bits per heavy atom. The van der Waals surface area contributed by atoms with Crippen LogP contribution in [0.4, 0.5) is 0 Å². The number of aliphatic hydroxyl groups excluding tert-OH is 2. The van der Waals surface area contributed by atoms with E-state index in [1.165, 1.54) is 0 Å². The smallest absolute Gasteiger partial charge is 0.254 e. The molecular weight excluding hydrogens is 751 g/mol. The number of unbranched alkanes of at least 4 members (excludes halogenated alkanes) is 2. The summed E-state index contributed by atoms with van der Waals surface area (Å²) in [6.45, 7) is 10.3. The van der Waals surface area contributed by atoms with Crippen LogP contribution in [0.3, 0.4) is 0 Å². The molecule has 2 heterocycles. The monoisotopic (exact) mass is 805 g/mol. The Morgan fingerprint density at radius 2 is 1.73 bits per heavy atom. The SMILES string of the molecule is C=CCO[C@@]12Oc3ccc(O)cc3[C@H]3[C@H](CCCCO)[C@@H](CCCCO)C=C(C(=NOC(C)(C)C)C[C@@H]1N(Cc1ccc4c(c1)OCO4)C(=O)c1ccc(C#N)cc1)[C@H]32. The minimum atomic E-state index is -1.50. The second kappa shape index (κ2) is 17.9. The third-order valence-corrected chi connectivity index (χ3v) is 11.8. The van der Waals surface area contributed by atoms with Crippen LogP contribution in [0, 0.1) is 29.1 Å². The maximum Gasteiger partial charge on any atom is 0.254 e. The number of nitrogens with zero attached hydrogens (tertiary/aromatic N) is 3. The molecule has 1 amide bonds. The molecule has 0 unspecified atom stereocenters. The van der Waals surface area contributed by atoms with E-state index in [1.54, 1.807) is 53.4 Å². The van der Waals surface area contributed by atoms with E-state index < -0.39 is 23.3 Å². The van der Waals surface area contributed by atoms with Gasteiger partial charge in [0.15, 0.2) is 11.5 Å². The van der Waals surface area contributed by atoms with Gasteiger partial charge in [0.05, 0.1) is 29.9 Å². The minimum Gasteiger partial charge on any atom is -0.508 e. The van der Waals surface area contributed by atoms with Crippen LogP contribution in [0.15, 0.2) is 90.1 Å². The average molecular weight is 806 g/mol. The molecule has 3 aromatic rings. The molecule has 7 rings (SSSR count). The fourth-order valence-electron chi connectivity index (χ4n) is 9.26. The number of nitriles is 1. The number of carbonyl (C=O) groups excluding carboxylic acids is 1. The summed E-state index contributed by atoms with van der Waals surface area (Å²) >= 11 is 0. The zero-order valence-electron chi connectivity index (χ0n) is 34.1. The van der Waals surface area contributed by atoms with E-state index in [1.807, 2.05) is 39.0 Å². The number of phenols is 1. The number of hydrogen-bond acceptors (Lipinski definition) is 11. The highest BCUT2D eigenvalue weighted by Crippen LogP contribution is 2.62. The van der Waals surface area contributed by atoms with Crippen molar-refractivity contribution in [3.63, 3.8) is 0 Å². The Morgan fingerprint density at radius 3 is 2.44 bits per heavy atom. The van der Waals surface area contributed by atoms with Gasteiger partial charge in [-0.25, -0.2) is 0 Å². The number of benzene rings is 3. The lowest BCUT2D eigenvalue weighted by atomic mass is 9.55. The van der Waals surface area contributed by atoms with Crippen molar-refractivity contribution in [3.8, 4) is 29.1 Å². The summed E-state index contributed by atoms with van der Waals surface area (Å²) in [6.07, 6.45) is 8.59. The van der Waals surface area contributed by atoms with Gasteiger partial charge < -0.3 is 44.0 Å². The van der Waals surface area contributed by atoms with E-state index in [4.69, 9.17) is 28.9 Å². The van der Waals surface area contributed by atoms with Crippen molar-refractivity contribution in [1.29, 1.82) is 5.26 Å². The summed E-state index contributed by atoms with van der Waals surface area (Å²) in [4.78, 5) is 23.3. The molecule has 12 nitrogen and oxygen atoms in total. The quantitative estimate of drug-likeness (QED) is 0.0741. The zero-order valence-corrected chi connectivity index (χ0v) is 34.1. The van der Waals surface area contributed by atoms with Crippen LogP contribution in [0.1, 0.15) is 98.7 Å². The molecule has 3 N–H and O–H groups in total. The number of oxime groups is 1. The molecule has 2 aliphatic heterocycles. The topological polar surface area (TPSA) is 163 Å². The number of amides is 1. The van der Waals surface area contributed by atoms with Crippen LogP contribution >= 0.6 is 0 Å². The Kier molecular flexibility index (Phi) is 12.7. The van der Waals surface area contributed by atoms with Crippen LogP contribution in [0.5, 0.6) is 23.0 Å². The Labute approximate surface area is 346 Å². The number of fused-ring (bicyclic) bond motifs is 3. The average Bonchev–Trinajstić information content (AvgIpc) is 3.70. The molecule has 0 radical (unpaired) electrons. The number of aliphatic hydroxyl groups is 2. The fraction of sp³-hybridized carbons (Fsp3) is 0.468. The highest BCUT2D eigenvalue weighted by atomic mass is 16.7. The molecule has 59 heavy (non-hydrogen) atoms. The van der Waals surface area contributed by atoms with Crippen LogP contribution < -0.4 is 14.2 Å². The van der Waals surface area contributed by atoms with Crippen molar-refractivity contribution in [3.05, 3.63) is 107 Å². The first-order valence-electron chi connectivity index (χ1n) is 20.7. The van der Waals surface area contributed by atoms with Gasteiger partial charge in [0.25, 0.3) is 5.91 Å². The second-order valence-corrected chi connectivity index (χ2v) is 16.8. The Bertz CT molecular complexity index is 2100. The summed E-state index contributed by atoms with van der Waals surface area (Å²) in [6, 6.07) is 18.7. The minimum absolute atomic E-state index is 0.00483. The van der Waals surface area contributed by atoms with Crippen molar-refractivity contribution in [1.82, 2.24) is 4.90 Å². The van der Waals surface area contributed by atoms with E-state index >= 15 is 4.79 Å². The van der Waals surface area contributed by atoms with Gasteiger partial charge in [0.2, 0.25) is 12.6 Å². The summed E-state index contributed by atoms with van der Waals surface area (Å²) in [5, 5.41) is 45.3. The van der Waals surface area contributed by atoms with E-state index in [0.29, 0.717) is 46.9 Å².